The highest BCUT2D eigenvalue weighted by Gasteiger charge is 2.60. The molecular formula is C63H74FN27O35P6. The highest BCUT2D eigenvalue weighted by atomic mass is 31.2. The van der Waals surface area contributed by atoms with Crippen molar-refractivity contribution in [3.05, 3.63) is 93.7 Å². The Bertz CT molecular complexity index is 5700. The molecule has 21 heterocycles. The molecule has 708 valence electrons. The summed E-state index contributed by atoms with van der Waals surface area (Å²) < 4.78 is 201. The molecule has 21 rings (SSSR count). The summed E-state index contributed by atoms with van der Waals surface area (Å²) in [5, 5.41) is 55.6. The summed E-state index contributed by atoms with van der Waals surface area (Å²) in [5.41, 5.74) is 38.6. The molecule has 0 aliphatic carbocycles. The van der Waals surface area contributed by atoms with Gasteiger partial charge in [-0.3, -0.25) is 81.9 Å². The number of nitrogen functional groups attached to an aromatic ring is 6. The summed E-state index contributed by atoms with van der Waals surface area (Å²) in [7, 11) is -29.1. The minimum Gasteiger partial charge on any atom is -0.397 e. The molecule has 9 aliphatic heterocycles. The monoisotopic (exact) mass is 1970 g/mol. The Balaban J connectivity index is 0.000000128. The van der Waals surface area contributed by atoms with E-state index in [-0.39, 0.29) is 79.1 Å². The number of nitrogens with zero attached hydrogens (tertiary/aromatic N) is 21. The first-order valence-electron chi connectivity index (χ1n) is 38.5. The molecule has 12 unspecified atom stereocenters. The number of fused-ring (bicyclic) bond motifs is 12. The van der Waals surface area contributed by atoms with Gasteiger partial charge in [-0.15, -0.1) is 0 Å². The van der Waals surface area contributed by atoms with Crippen LogP contribution >= 0.6 is 46.0 Å². The largest absolute Gasteiger partial charge is 0.472 e. The molecule has 0 amide bonds. The summed E-state index contributed by atoms with van der Waals surface area (Å²) >= 11 is 0. The van der Waals surface area contributed by atoms with Crippen molar-refractivity contribution in [1.29, 1.82) is 0 Å². The van der Waals surface area contributed by atoms with Crippen LogP contribution in [-0.2, 0) is 111 Å². The van der Waals surface area contributed by atoms with Crippen LogP contribution in [0.4, 0.5) is 38.9 Å². The maximum atomic E-state index is 15.9. The first-order valence-corrected chi connectivity index (χ1v) is 48.6. The fourth-order valence-corrected chi connectivity index (χ4v) is 21.5. The number of aromatic nitrogens is 21. The first kappa shape index (κ1) is 91.6. The number of nitrogens with two attached hydrogens (primary N) is 6. The SMILES string of the molecule is Nc1ccnc2c1ncn2[C@@H]1O[C@@H]2OCP(=O)(O)O[C@@H]3C(O)[C@H](n4cnc5c(N)ncnc54)O[C@@H]3OCP(=O)(O)O[C@@H]2C1O.Nc1ncnc2c1ncn2[C@@H]1O[C@@H]2OCP(=O)(O)O[C@@H]3C(F)[C@H](n4cnc5c(N)ccnc54)O[C@@H]3COP(=O)(O)O[C@@H]2C1O.Nc1ncnc2c1ncn2[C@@H]1O[C@@H]2OCP(=O)(O)O[C@@H]3C(O)[C@H](n4cnc5c(N)ccnc54)O[C@@H]3COP(=O)(O)O[C@@H]2C1O. The molecule has 0 spiro atoms. The average Bonchev–Trinajstić information content (AvgIpc) is 1.62. The summed E-state index contributed by atoms with van der Waals surface area (Å²) in [6.45, 7) is -1.59. The van der Waals surface area contributed by atoms with E-state index in [4.69, 9.17) is 118 Å². The van der Waals surface area contributed by atoms with Gasteiger partial charge >= 0.3 is 46.0 Å². The number of aliphatic hydroxyl groups excluding tert-OH is 5. The number of pyridine rings is 3. The Morgan fingerprint density at radius 3 is 0.886 bits per heavy atom. The van der Waals surface area contributed by atoms with Gasteiger partial charge in [0.15, 0.2) is 158 Å². The molecule has 9 aliphatic rings. The number of aliphatic hydroxyl groups is 5. The van der Waals surface area contributed by atoms with E-state index in [1.807, 2.05) is 0 Å². The molecular weight excluding hydrogens is 1900 g/mol. The number of imidazole rings is 6. The van der Waals surface area contributed by atoms with Gasteiger partial charge in [0.1, 0.15) is 119 Å². The van der Waals surface area contributed by atoms with E-state index in [2.05, 4.69) is 74.8 Å². The minimum atomic E-state index is -5.06. The number of phosphoric acid groups is 2. The fraction of sp³-hybridized carbons (Fsp3) is 0.476. The van der Waals surface area contributed by atoms with Crippen LogP contribution in [0.2, 0.25) is 0 Å². The molecule has 0 radical (unpaired) electrons. The molecule has 69 heteroatoms. The maximum absolute atomic E-state index is 15.9. The van der Waals surface area contributed by atoms with Crippen molar-refractivity contribution in [3.8, 4) is 0 Å². The zero-order valence-electron chi connectivity index (χ0n) is 66.4. The van der Waals surface area contributed by atoms with Crippen LogP contribution in [0.25, 0.3) is 67.0 Å². The lowest BCUT2D eigenvalue weighted by molar-refractivity contribution is -0.178. The molecule has 23 N–H and O–H groups in total. The molecule has 132 heavy (non-hydrogen) atoms. The van der Waals surface area contributed by atoms with Gasteiger partial charge in [0.25, 0.3) is 0 Å². The molecule has 0 bridgehead atoms. The molecule has 12 aromatic rings. The van der Waals surface area contributed by atoms with Gasteiger partial charge in [-0.05, 0) is 18.2 Å². The molecule has 9 fully saturated rings. The quantitative estimate of drug-likeness (QED) is 0.0792. The molecule has 0 saturated carbocycles. The summed E-state index contributed by atoms with van der Waals surface area (Å²) in [4.78, 5) is 125. The number of ether oxygens (including phenoxy) is 10. The summed E-state index contributed by atoms with van der Waals surface area (Å²) in [6, 6.07) is 4.54. The van der Waals surface area contributed by atoms with Gasteiger partial charge in [-0.25, -0.2) is 88.3 Å². The van der Waals surface area contributed by atoms with Crippen LogP contribution in [0, 0.1) is 0 Å². The standard InChI is InChI=1S/C21H24FN9O11P2.2C21H25N9O12P2/c22-10-14-9(39-19(10)30-5-28-11-8(23)1-2-25-17(11)30)3-38-44(35,36)42-15-13(32)20(40-21(15)37-7-43(33,34)41-14)31-6-29-12-16(24)26-4-27-18(12)31;22-8-1-2-24-16-9(8)27-4-29(16)18-11(31)13-20(39-18)37-6-44(35,36)42-14-12(32)19(40-21(14)38-7-43(33,34)41-13)30-5-28-10-15(23)25-3-26-17(10)30;22-8-1-2-24-17-10(8)27-5-29(17)19-12(31)14-9(39-19)3-38-44(35,36)42-15-13(32)20(40-21(15)37-7-43(33,34)41-14)30-6-28-11-16(23)25-4-26-18(11)30/h1-2,4-6,9-10,13-15,19-21,32H,3,7H2,(H2,23,25)(H,33,34)(H,35,36)(H2,24,26,27);1-5,11-14,18-21,31-32H,6-7H2,(H2,22,24)(H,33,34)(H,35,36)(H2,23,25,26);1-2,4-6,9,12-15,19-21,31-32H,3,7H2,(H2,22,24)(H,33,34)(H,35,36)(H2,23,25,26)/t9-,10?,13?,14+,15-,19-,20-,21+;11?,12?,13-,14-,18-,19-,20+,21+;9-,12?,13?,14+,15-,19-,20-,21+/m111/s1. The maximum Gasteiger partial charge on any atom is 0.472 e. The summed E-state index contributed by atoms with van der Waals surface area (Å²) in [5.74, 6) is 0.134. The highest BCUT2D eigenvalue weighted by Crippen LogP contribution is 2.59. The third-order valence-electron chi connectivity index (χ3n) is 21.6. The normalized spacial score (nSPS) is 38.3. The van der Waals surface area contributed by atoms with Gasteiger partial charge in [0.05, 0.1) is 68.2 Å². The molecule has 30 atom stereocenters. The molecule has 0 aromatic carbocycles. The van der Waals surface area contributed by atoms with Crippen molar-refractivity contribution >= 4 is 148 Å². The zero-order valence-corrected chi connectivity index (χ0v) is 71.8. The van der Waals surface area contributed by atoms with Crippen molar-refractivity contribution in [2.45, 2.75) is 148 Å². The molecule has 62 nitrogen and oxygen atoms in total. The number of halogens is 1. The van der Waals surface area contributed by atoms with E-state index in [0.29, 0.717) is 22.4 Å². The van der Waals surface area contributed by atoms with Crippen molar-refractivity contribution in [3.63, 3.8) is 0 Å². The first-order chi connectivity index (χ1) is 62.8. The smallest absolute Gasteiger partial charge is 0.397 e. The Morgan fingerprint density at radius 2 is 0.561 bits per heavy atom. The second-order valence-corrected chi connectivity index (χ2v) is 40.0. The van der Waals surface area contributed by atoms with Crippen molar-refractivity contribution in [1.82, 2.24) is 102 Å². The number of hydrogen-bond donors (Lipinski definition) is 17. The Kier molecular flexibility index (Phi) is 24.3. The third kappa shape index (κ3) is 17.4. The zero-order chi connectivity index (χ0) is 92.9. The van der Waals surface area contributed by atoms with E-state index < -0.39 is 233 Å². The Labute approximate surface area is 731 Å². The lowest BCUT2D eigenvalue weighted by atomic mass is 10.1. The Hall–Kier alpha value is -9.54. The van der Waals surface area contributed by atoms with Gasteiger partial charge in [0, 0.05) is 18.6 Å². The topological polar surface area (TPSA) is 870 Å². The van der Waals surface area contributed by atoms with E-state index >= 15 is 4.39 Å². The number of hydrogen-bond acceptors (Lipinski definition) is 50. The summed E-state index contributed by atoms with van der Waals surface area (Å²) in [6.07, 6.45) is -27.7. The Morgan fingerprint density at radius 1 is 0.311 bits per heavy atom. The predicted molar refractivity (Wildman–Crippen MR) is 427 cm³/mol. The fourth-order valence-electron chi connectivity index (χ4n) is 15.6. The minimum absolute atomic E-state index is 0.0367. The van der Waals surface area contributed by atoms with E-state index in [1.54, 1.807) is 0 Å². The lowest BCUT2D eigenvalue weighted by Crippen LogP contribution is -2.38. The van der Waals surface area contributed by atoms with Crippen molar-refractivity contribution in [2.24, 2.45) is 0 Å². The van der Waals surface area contributed by atoms with Crippen LogP contribution in [-0.4, -0.2) is 306 Å². The van der Waals surface area contributed by atoms with Gasteiger partial charge in [0.2, 0.25) is 0 Å². The van der Waals surface area contributed by atoms with Crippen LogP contribution in [0.3, 0.4) is 0 Å². The number of alkyl halides is 1. The number of rotatable bonds is 6. The van der Waals surface area contributed by atoms with Gasteiger partial charge in [-0.2, -0.15) is 0 Å². The highest BCUT2D eigenvalue weighted by molar-refractivity contribution is 7.53. The molecule has 12 aromatic heterocycles. The molecule has 9 saturated heterocycles. The van der Waals surface area contributed by atoms with E-state index in [1.165, 1.54) is 102 Å². The predicted octanol–water partition coefficient (Wildman–Crippen LogP) is -2.11. The van der Waals surface area contributed by atoms with Gasteiger partial charge < -0.3 is 137 Å². The van der Waals surface area contributed by atoms with Crippen LogP contribution < -0.4 is 34.4 Å². The second-order valence-electron chi connectivity index (χ2n) is 30.2. The lowest BCUT2D eigenvalue weighted by Gasteiger charge is -2.28. The van der Waals surface area contributed by atoms with Crippen molar-refractivity contribution < 1.29 is 170 Å². The third-order valence-corrected chi connectivity index (χ3v) is 27.8. The van der Waals surface area contributed by atoms with Crippen LogP contribution in [0.5, 0.6) is 0 Å². The average molecular weight is 1970 g/mol. The second kappa shape index (κ2) is 35.0. The van der Waals surface area contributed by atoms with E-state index in [9.17, 15) is 82.3 Å². The number of anilines is 6. The number of phosphoric ester groups is 2. The van der Waals surface area contributed by atoms with Crippen LogP contribution in [0.1, 0.15) is 37.4 Å². The van der Waals surface area contributed by atoms with E-state index in [0.717, 1.165) is 19.0 Å². The van der Waals surface area contributed by atoms with Gasteiger partial charge in [-0.1, -0.05) is 0 Å². The van der Waals surface area contributed by atoms with Crippen molar-refractivity contribution in [2.75, 3.05) is 73.0 Å². The van der Waals surface area contributed by atoms with Crippen LogP contribution in [0.15, 0.2) is 93.7 Å².